The van der Waals surface area contributed by atoms with Gasteiger partial charge in [0.05, 0.1) is 7.11 Å². The molecule has 0 aliphatic rings. The van der Waals surface area contributed by atoms with E-state index in [1.807, 2.05) is 0 Å². The number of methoxy groups -OCH3 is 1. The summed E-state index contributed by atoms with van der Waals surface area (Å²) >= 11 is 0. The van der Waals surface area contributed by atoms with Gasteiger partial charge in [0.1, 0.15) is 17.3 Å². The van der Waals surface area contributed by atoms with Gasteiger partial charge in [-0.25, -0.2) is 9.18 Å². The Kier molecular flexibility index (Phi) is 3.10. The zero-order chi connectivity index (χ0) is 15.0. The van der Waals surface area contributed by atoms with Crippen LogP contribution in [0.2, 0.25) is 0 Å². The molecule has 3 aromatic rings. The number of ether oxygens (including phenoxy) is 1. The monoisotopic (exact) mass is 285 g/mol. The average Bonchev–Trinajstić information content (AvgIpc) is 2.86. The molecule has 1 heterocycles. The number of fused-ring (bicyclic) bond motifs is 1. The number of aromatic carboxylic acids is 1. The van der Waals surface area contributed by atoms with Gasteiger partial charge in [0.25, 0.3) is 0 Å². The first-order valence-electron chi connectivity index (χ1n) is 6.29. The molecule has 5 heteroatoms. The van der Waals surface area contributed by atoms with E-state index in [0.717, 1.165) is 0 Å². The molecule has 2 N–H and O–H groups in total. The number of benzene rings is 2. The van der Waals surface area contributed by atoms with E-state index in [-0.39, 0.29) is 11.3 Å². The van der Waals surface area contributed by atoms with Gasteiger partial charge in [-0.15, -0.1) is 0 Å². The number of rotatable bonds is 3. The molecule has 4 nitrogen and oxygen atoms in total. The Morgan fingerprint density at radius 3 is 2.67 bits per heavy atom. The third-order valence-corrected chi connectivity index (χ3v) is 3.36. The summed E-state index contributed by atoms with van der Waals surface area (Å²) in [6.45, 7) is 0. The van der Waals surface area contributed by atoms with Crippen molar-refractivity contribution in [2.75, 3.05) is 7.11 Å². The van der Waals surface area contributed by atoms with Crippen molar-refractivity contribution in [2.24, 2.45) is 0 Å². The summed E-state index contributed by atoms with van der Waals surface area (Å²) in [4.78, 5) is 14.3. The van der Waals surface area contributed by atoms with Gasteiger partial charge in [-0.05, 0) is 24.3 Å². The van der Waals surface area contributed by atoms with Gasteiger partial charge in [-0.2, -0.15) is 0 Å². The minimum Gasteiger partial charge on any atom is -0.497 e. The lowest BCUT2D eigenvalue weighted by Crippen LogP contribution is -1.99. The number of hydrogen-bond acceptors (Lipinski definition) is 2. The third-order valence-electron chi connectivity index (χ3n) is 3.36. The number of nitrogens with one attached hydrogen (secondary N) is 1. The second-order valence-corrected chi connectivity index (χ2v) is 4.57. The number of carbonyl (C=O) groups is 1. The molecular formula is C16H12FNO3. The summed E-state index contributed by atoms with van der Waals surface area (Å²) in [6, 6.07) is 11.2. The Bertz CT molecular complexity index is 839. The van der Waals surface area contributed by atoms with Gasteiger partial charge in [-0.1, -0.05) is 18.2 Å². The van der Waals surface area contributed by atoms with Crippen LogP contribution in [0.1, 0.15) is 10.5 Å². The molecule has 21 heavy (non-hydrogen) atoms. The highest BCUT2D eigenvalue weighted by Crippen LogP contribution is 2.35. The maximum absolute atomic E-state index is 14.1. The van der Waals surface area contributed by atoms with Gasteiger partial charge in [0.2, 0.25) is 0 Å². The second kappa shape index (κ2) is 4.94. The highest BCUT2D eigenvalue weighted by molar-refractivity contribution is 6.07. The first-order chi connectivity index (χ1) is 10.1. The van der Waals surface area contributed by atoms with Crippen LogP contribution in [0.15, 0.2) is 42.5 Å². The van der Waals surface area contributed by atoms with E-state index in [9.17, 15) is 14.3 Å². The Labute approximate surface area is 119 Å². The zero-order valence-electron chi connectivity index (χ0n) is 11.2. The highest BCUT2D eigenvalue weighted by Gasteiger charge is 2.21. The minimum absolute atomic E-state index is 0.0386. The van der Waals surface area contributed by atoms with E-state index in [1.54, 1.807) is 36.4 Å². The number of carboxylic acids is 1. The van der Waals surface area contributed by atoms with Crippen LogP contribution in [0.4, 0.5) is 4.39 Å². The molecule has 0 spiro atoms. The molecule has 1 aromatic heterocycles. The molecule has 0 aliphatic carbocycles. The predicted molar refractivity (Wildman–Crippen MR) is 77.2 cm³/mol. The van der Waals surface area contributed by atoms with Crippen LogP contribution in [0.3, 0.4) is 0 Å². The summed E-state index contributed by atoms with van der Waals surface area (Å²) in [6.07, 6.45) is 0. The van der Waals surface area contributed by atoms with Crippen LogP contribution in [0.25, 0.3) is 22.0 Å². The Morgan fingerprint density at radius 1 is 1.24 bits per heavy atom. The maximum Gasteiger partial charge on any atom is 0.352 e. The summed E-state index contributed by atoms with van der Waals surface area (Å²) in [5.41, 5.74) is 1.15. The number of halogens is 1. The third kappa shape index (κ3) is 2.12. The quantitative estimate of drug-likeness (QED) is 0.771. The summed E-state index contributed by atoms with van der Waals surface area (Å²) < 4.78 is 19.2. The fourth-order valence-electron chi connectivity index (χ4n) is 2.40. The molecular weight excluding hydrogens is 273 g/mol. The van der Waals surface area contributed by atoms with E-state index in [4.69, 9.17) is 4.74 Å². The normalized spacial score (nSPS) is 10.8. The average molecular weight is 285 g/mol. The second-order valence-electron chi connectivity index (χ2n) is 4.57. The fraction of sp³-hybridized carbons (Fsp3) is 0.0625. The van der Waals surface area contributed by atoms with Crippen molar-refractivity contribution in [1.82, 2.24) is 4.98 Å². The number of aromatic nitrogens is 1. The largest absolute Gasteiger partial charge is 0.497 e. The number of hydrogen-bond donors (Lipinski definition) is 2. The van der Waals surface area contributed by atoms with Gasteiger partial charge < -0.3 is 14.8 Å². The number of aromatic amines is 1. The van der Waals surface area contributed by atoms with Gasteiger partial charge in [0.15, 0.2) is 0 Å². The topological polar surface area (TPSA) is 62.3 Å². The van der Waals surface area contributed by atoms with Crippen molar-refractivity contribution in [2.45, 2.75) is 0 Å². The zero-order valence-corrected chi connectivity index (χ0v) is 11.2. The van der Waals surface area contributed by atoms with Crippen LogP contribution in [-0.4, -0.2) is 23.2 Å². The Morgan fingerprint density at radius 2 is 2.00 bits per heavy atom. The van der Waals surface area contributed by atoms with E-state index in [1.165, 1.54) is 13.2 Å². The molecule has 106 valence electrons. The maximum atomic E-state index is 14.1. The molecule has 0 saturated carbocycles. The van der Waals surface area contributed by atoms with E-state index < -0.39 is 11.8 Å². The van der Waals surface area contributed by atoms with Gasteiger partial charge in [-0.3, -0.25) is 0 Å². The lowest BCUT2D eigenvalue weighted by atomic mass is 10.0. The smallest absolute Gasteiger partial charge is 0.352 e. The van der Waals surface area contributed by atoms with Gasteiger partial charge >= 0.3 is 5.97 Å². The first-order valence-corrected chi connectivity index (χ1v) is 6.29. The van der Waals surface area contributed by atoms with E-state index in [2.05, 4.69) is 4.98 Å². The van der Waals surface area contributed by atoms with Crippen molar-refractivity contribution in [3.63, 3.8) is 0 Å². The predicted octanol–water partition coefficient (Wildman–Crippen LogP) is 3.68. The highest BCUT2D eigenvalue weighted by atomic mass is 19.1. The molecule has 0 fully saturated rings. The molecule has 0 bridgehead atoms. The Hall–Kier alpha value is -2.82. The van der Waals surface area contributed by atoms with Gasteiger partial charge in [0, 0.05) is 22.0 Å². The summed E-state index contributed by atoms with van der Waals surface area (Å²) in [7, 11) is 1.52. The number of H-pyrrole nitrogens is 1. The molecule has 0 atom stereocenters. The SMILES string of the molecule is COc1ccc2[nH]c(C(=O)O)c(-c3ccccc3F)c2c1. The van der Waals surface area contributed by atoms with Crippen molar-refractivity contribution >= 4 is 16.9 Å². The van der Waals surface area contributed by atoms with Crippen LogP contribution >= 0.6 is 0 Å². The van der Waals surface area contributed by atoms with Crippen LogP contribution in [-0.2, 0) is 0 Å². The summed E-state index contributed by atoms with van der Waals surface area (Å²) in [5, 5.41) is 9.97. The van der Waals surface area contributed by atoms with E-state index >= 15 is 0 Å². The molecule has 0 amide bonds. The van der Waals surface area contributed by atoms with E-state index in [0.29, 0.717) is 22.2 Å². The fourth-order valence-corrected chi connectivity index (χ4v) is 2.40. The van der Waals surface area contributed by atoms with Crippen molar-refractivity contribution in [3.8, 4) is 16.9 Å². The standard InChI is InChI=1S/C16H12FNO3/c1-21-9-6-7-13-11(8-9)14(15(18-13)16(19)20)10-4-2-3-5-12(10)17/h2-8,18H,1H3,(H,19,20). The van der Waals surface area contributed by atoms with Crippen molar-refractivity contribution < 1.29 is 19.0 Å². The minimum atomic E-state index is -1.14. The Balaban J connectivity index is 2.40. The van der Waals surface area contributed by atoms with Crippen molar-refractivity contribution in [1.29, 1.82) is 0 Å². The molecule has 0 saturated heterocycles. The van der Waals surface area contributed by atoms with Crippen LogP contribution in [0, 0.1) is 5.82 Å². The van der Waals surface area contributed by atoms with Crippen LogP contribution < -0.4 is 4.74 Å². The van der Waals surface area contributed by atoms with Crippen molar-refractivity contribution in [3.05, 3.63) is 54.0 Å². The lowest BCUT2D eigenvalue weighted by molar-refractivity contribution is 0.0692. The number of carboxylic acid groups (broad SMARTS) is 1. The van der Waals surface area contributed by atoms with Crippen LogP contribution in [0.5, 0.6) is 5.75 Å². The first kappa shape index (κ1) is 13.2. The summed E-state index contributed by atoms with van der Waals surface area (Å²) in [5.74, 6) is -1.02. The molecule has 0 aliphatic heterocycles. The molecule has 3 rings (SSSR count). The molecule has 0 unspecified atom stereocenters. The molecule has 2 aromatic carbocycles. The molecule has 0 radical (unpaired) electrons. The lowest BCUT2D eigenvalue weighted by Gasteiger charge is -2.05.